The number of hydrogen-bond donors (Lipinski definition) is 1. The number of carboxylic acid groups (broad SMARTS) is 1. The molecule has 6 heteroatoms. The Morgan fingerprint density at radius 3 is 2.44 bits per heavy atom. The lowest BCUT2D eigenvalue weighted by Crippen LogP contribution is -2.46. The van der Waals surface area contributed by atoms with Crippen LogP contribution in [-0.2, 0) is 19.3 Å². The molecule has 5 nitrogen and oxygen atoms in total. The second-order valence-corrected chi connectivity index (χ2v) is 6.89. The number of hydrogen-bond acceptors (Lipinski definition) is 4. The molecular weight excluding hydrogens is 344 g/mol. The number of rotatable bonds is 3. The van der Waals surface area contributed by atoms with Crippen molar-refractivity contribution in [1.29, 1.82) is 0 Å². The van der Waals surface area contributed by atoms with Crippen molar-refractivity contribution in [2.75, 3.05) is 6.61 Å². The highest BCUT2D eigenvalue weighted by Gasteiger charge is 2.42. The molecule has 1 saturated carbocycles. The zero-order valence-corrected chi connectivity index (χ0v) is 14.8. The third kappa shape index (κ3) is 3.96. The highest BCUT2D eigenvalue weighted by Crippen LogP contribution is 2.40. The minimum atomic E-state index is -0.869. The van der Waals surface area contributed by atoms with Crippen LogP contribution in [0.1, 0.15) is 38.2 Å². The Balaban J connectivity index is 1.59. The van der Waals surface area contributed by atoms with Crippen LogP contribution in [0.3, 0.4) is 0 Å². The molecule has 1 aliphatic carbocycles. The molecule has 25 heavy (non-hydrogen) atoms. The summed E-state index contributed by atoms with van der Waals surface area (Å²) in [5, 5.41) is 9.76. The van der Waals surface area contributed by atoms with E-state index in [-0.39, 0.29) is 6.10 Å². The van der Waals surface area contributed by atoms with Gasteiger partial charge >= 0.3 is 5.97 Å². The average Bonchev–Trinajstić information content (AvgIpc) is 2.62. The van der Waals surface area contributed by atoms with Crippen LogP contribution < -0.4 is 0 Å². The van der Waals surface area contributed by atoms with Crippen LogP contribution in [0.25, 0.3) is 5.57 Å². The molecule has 1 N–H and O–H groups in total. The quantitative estimate of drug-likeness (QED) is 0.637. The summed E-state index contributed by atoms with van der Waals surface area (Å²) >= 11 is 5.90. The van der Waals surface area contributed by atoms with Crippen molar-refractivity contribution >= 4 is 23.1 Å². The number of benzene rings is 1. The topological polar surface area (TPSA) is 65.0 Å². The first-order valence-corrected chi connectivity index (χ1v) is 8.63. The Morgan fingerprint density at radius 2 is 1.92 bits per heavy atom. The molecule has 1 aliphatic heterocycles. The van der Waals surface area contributed by atoms with Crippen LogP contribution in [0.5, 0.6) is 0 Å². The molecule has 1 unspecified atom stereocenters. The van der Waals surface area contributed by atoms with Gasteiger partial charge in [0.15, 0.2) is 0 Å². The number of carboxylic acids is 1. The van der Waals surface area contributed by atoms with Crippen molar-refractivity contribution in [3.8, 4) is 0 Å². The fourth-order valence-electron chi connectivity index (χ4n) is 3.12. The molecule has 0 aromatic heterocycles. The zero-order chi connectivity index (χ0) is 18.0. The maximum atomic E-state index is 11.1. The smallest absolute Gasteiger partial charge is 0.331 e. The van der Waals surface area contributed by atoms with Crippen molar-refractivity contribution in [2.45, 2.75) is 44.5 Å². The van der Waals surface area contributed by atoms with E-state index in [1.165, 1.54) is 0 Å². The van der Waals surface area contributed by atoms with Gasteiger partial charge in [0.2, 0.25) is 5.79 Å². The Kier molecular flexibility index (Phi) is 5.29. The molecule has 1 aromatic carbocycles. The van der Waals surface area contributed by atoms with Crippen LogP contribution in [0.2, 0.25) is 5.02 Å². The Morgan fingerprint density at radius 1 is 1.28 bits per heavy atom. The molecule has 0 bridgehead atoms. The standard InChI is InChI=1S/C19H21ClO5/c1-12(14-3-5-16(20)6-4-14)17-11-23-19(25-24-17)9-7-15(8-10-19)13(2)18(21)22/h3-6,17H,1,7-11H2,2H3,(H,21,22). The van der Waals surface area contributed by atoms with E-state index in [2.05, 4.69) is 6.58 Å². The van der Waals surface area contributed by atoms with Gasteiger partial charge in [-0.05, 0) is 43.0 Å². The van der Waals surface area contributed by atoms with E-state index in [0.717, 1.165) is 16.7 Å². The molecule has 2 aliphatic rings. The van der Waals surface area contributed by atoms with E-state index in [0.29, 0.717) is 42.9 Å². The predicted octanol–water partition coefficient (Wildman–Crippen LogP) is 4.37. The van der Waals surface area contributed by atoms with Crippen LogP contribution in [0, 0.1) is 0 Å². The number of carbonyl (C=O) groups is 1. The van der Waals surface area contributed by atoms with Gasteiger partial charge in [-0.15, -0.1) is 0 Å². The SMILES string of the molecule is C=C(c1ccc(Cl)cc1)C1COC2(CCC(=C(C)C(=O)O)CC2)OO1. The van der Waals surface area contributed by atoms with E-state index in [4.69, 9.17) is 31.2 Å². The van der Waals surface area contributed by atoms with Crippen LogP contribution >= 0.6 is 11.6 Å². The summed E-state index contributed by atoms with van der Waals surface area (Å²) in [7, 11) is 0. The summed E-state index contributed by atoms with van der Waals surface area (Å²) in [6.07, 6.45) is 2.03. The van der Waals surface area contributed by atoms with Gasteiger partial charge in [0.1, 0.15) is 6.10 Å². The van der Waals surface area contributed by atoms with Crippen molar-refractivity contribution in [3.63, 3.8) is 0 Å². The highest BCUT2D eigenvalue weighted by atomic mass is 35.5. The van der Waals surface area contributed by atoms with Crippen molar-refractivity contribution in [1.82, 2.24) is 0 Å². The van der Waals surface area contributed by atoms with Gasteiger partial charge in [0.25, 0.3) is 0 Å². The third-order valence-corrected chi connectivity index (χ3v) is 5.14. The molecule has 1 spiro atoms. The van der Waals surface area contributed by atoms with Gasteiger partial charge in [-0.2, -0.15) is 0 Å². The highest BCUT2D eigenvalue weighted by molar-refractivity contribution is 6.30. The predicted molar refractivity (Wildman–Crippen MR) is 93.9 cm³/mol. The second kappa shape index (κ2) is 7.30. The lowest BCUT2D eigenvalue weighted by atomic mass is 9.87. The number of halogens is 1. The number of ether oxygens (including phenoxy) is 1. The molecule has 1 saturated heterocycles. The minimum absolute atomic E-state index is 0.346. The summed E-state index contributed by atoms with van der Waals surface area (Å²) < 4.78 is 5.97. The molecule has 1 atom stereocenters. The number of aliphatic carboxylic acids is 1. The van der Waals surface area contributed by atoms with Gasteiger partial charge in [0, 0.05) is 23.4 Å². The van der Waals surface area contributed by atoms with Gasteiger partial charge < -0.3 is 9.84 Å². The van der Waals surface area contributed by atoms with Crippen LogP contribution in [-0.4, -0.2) is 29.6 Å². The minimum Gasteiger partial charge on any atom is -0.478 e. The molecule has 3 rings (SSSR count). The Labute approximate surface area is 151 Å². The van der Waals surface area contributed by atoms with E-state index >= 15 is 0 Å². The summed E-state index contributed by atoms with van der Waals surface area (Å²) in [5.74, 6) is -1.66. The first-order valence-electron chi connectivity index (χ1n) is 8.25. The molecule has 0 radical (unpaired) electrons. The normalized spacial score (nSPS) is 26.5. The molecule has 1 aromatic rings. The fraction of sp³-hybridized carbons (Fsp3) is 0.421. The van der Waals surface area contributed by atoms with Crippen molar-refractivity contribution in [2.24, 2.45) is 0 Å². The van der Waals surface area contributed by atoms with Crippen molar-refractivity contribution < 1.29 is 24.4 Å². The first kappa shape index (κ1) is 18.1. The molecule has 2 fully saturated rings. The maximum absolute atomic E-state index is 11.1. The van der Waals surface area contributed by atoms with Gasteiger partial charge in [-0.1, -0.05) is 35.9 Å². The fourth-order valence-corrected chi connectivity index (χ4v) is 3.25. The molecular formula is C19H21ClO5. The monoisotopic (exact) mass is 364 g/mol. The zero-order valence-electron chi connectivity index (χ0n) is 14.1. The van der Waals surface area contributed by atoms with E-state index in [1.54, 1.807) is 19.1 Å². The lowest BCUT2D eigenvalue weighted by molar-refractivity contribution is -0.482. The van der Waals surface area contributed by atoms with Gasteiger partial charge in [0.05, 0.1) is 6.61 Å². The van der Waals surface area contributed by atoms with Gasteiger partial charge in [-0.3, -0.25) is 0 Å². The Bertz CT molecular complexity index is 687. The van der Waals surface area contributed by atoms with Crippen LogP contribution in [0.15, 0.2) is 42.0 Å². The summed E-state index contributed by atoms with van der Waals surface area (Å²) in [4.78, 5) is 22.2. The Hall–Kier alpha value is -1.66. The van der Waals surface area contributed by atoms with Crippen molar-refractivity contribution in [3.05, 3.63) is 52.6 Å². The summed E-state index contributed by atoms with van der Waals surface area (Å²) in [6.45, 7) is 6.05. The maximum Gasteiger partial charge on any atom is 0.331 e. The summed E-state index contributed by atoms with van der Waals surface area (Å²) in [6, 6.07) is 7.36. The number of allylic oxidation sites excluding steroid dienone is 1. The second-order valence-electron chi connectivity index (χ2n) is 6.46. The largest absolute Gasteiger partial charge is 0.478 e. The van der Waals surface area contributed by atoms with E-state index in [1.807, 2.05) is 12.1 Å². The van der Waals surface area contributed by atoms with E-state index in [9.17, 15) is 4.79 Å². The summed E-state index contributed by atoms with van der Waals surface area (Å²) in [5.41, 5.74) is 3.05. The molecule has 134 valence electrons. The van der Waals surface area contributed by atoms with Crippen LogP contribution in [0.4, 0.5) is 0 Å². The van der Waals surface area contributed by atoms with E-state index < -0.39 is 11.8 Å². The lowest BCUT2D eigenvalue weighted by Gasteiger charge is -2.42. The third-order valence-electron chi connectivity index (χ3n) is 4.88. The first-order chi connectivity index (χ1) is 11.9. The van der Waals surface area contributed by atoms with Gasteiger partial charge in [-0.25, -0.2) is 14.6 Å². The average molecular weight is 365 g/mol. The molecule has 0 amide bonds. The molecule has 1 heterocycles.